The van der Waals surface area contributed by atoms with Crippen LogP contribution < -0.4 is 10.1 Å². The number of para-hydroxylation sites is 1. The van der Waals surface area contributed by atoms with Crippen LogP contribution in [0.15, 0.2) is 36.7 Å². The number of nitrogens with one attached hydrogen (secondary N) is 1. The van der Waals surface area contributed by atoms with Gasteiger partial charge in [-0.2, -0.15) is 5.10 Å². The summed E-state index contributed by atoms with van der Waals surface area (Å²) in [7, 11) is 0. The first-order valence-electron chi connectivity index (χ1n) is 8.88. The Morgan fingerprint density at radius 1 is 1.36 bits per heavy atom. The molecule has 0 bridgehead atoms. The zero-order chi connectivity index (χ0) is 17.4. The van der Waals surface area contributed by atoms with E-state index in [0.29, 0.717) is 12.6 Å². The zero-order valence-electron chi connectivity index (χ0n) is 14.7. The van der Waals surface area contributed by atoms with Gasteiger partial charge in [0.2, 0.25) is 5.91 Å². The highest BCUT2D eigenvalue weighted by molar-refractivity contribution is 5.82. The highest BCUT2D eigenvalue weighted by atomic mass is 16.5. The zero-order valence-corrected chi connectivity index (χ0v) is 14.7. The number of fused-ring (bicyclic) bond motifs is 1. The van der Waals surface area contributed by atoms with Gasteiger partial charge in [0.25, 0.3) is 0 Å². The molecule has 3 heterocycles. The van der Waals surface area contributed by atoms with Gasteiger partial charge in [-0.05, 0) is 25.5 Å². The standard InChI is InChI=1S/C19H24N4O2/c1-13-9-20-23(10-13)15-11-22(12-15)14(2)19(24)21-17-7-8-25-18-6-4-3-5-16(17)18/h3-6,9-10,14-15,17H,7-8,11-12H2,1-2H3,(H,21,24)/t14-,17+/m1/s1. The lowest BCUT2D eigenvalue weighted by Crippen LogP contribution is -2.56. The van der Waals surface area contributed by atoms with E-state index in [4.69, 9.17) is 4.74 Å². The van der Waals surface area contributed by atoms with Crippen molar-refractivity contribution in [2.75, 3.05) is 19.7 Å². The number of hydrogen-bond donors (Lipinski definition) is 1. The molecule has 2 aliphatic heterocycles. The van der Waals surface area contributed by atoms with Crippen molar-refractivity contribution in [3.05, 3.63) is 47.8 Å². The second-order valence-corrected chi connectivity index (χ2v) is 7.02. The summed E-state index contributed by atoms with van der Waals surface area (Å²) in [6, 6.07) is 8.21. The third kappa shape index (κ3) is 3.14. The van der Waals surface area contributed by atoms with E-state index in [0.717, 1.165) is 30.8 Å². The lowest BCUT2D eigenvalue weighted by molar-refractivity contribution is -0.129. The quantitative estimate of drug-likeness (QED) is 0.926. The lowest BCUT2D eigenvalue weighted by atomic mass is 9.99. The molecule has 25 heavy (non-hydrogen) atoms. The third-order valence-electron chi connectivity index (χ3n) is 5.20. The molecule has 0 unspecified atom stereocenters. The normalized spacial score (nSPS) is 21.8. The Labute approximate surface area is 147 Å². The maximum Gasteiger partial charge on any atom is 0.237 e. The Kier molecular flexibility index (Phi) is 4.21. The molecule has 1 fully saturated rings. The van der Waals surface area contributed by atoms with Crippen molar-refractivity contribution in [2.24, 2.45) is 0 Å². The minimum absolute atomic E-state index is 0.0331. The van der Waals surface area contributed by atoms with Crippen LogP contribution in [0.2, 0.25) is 0 Å². The first kappa shape index (κ1) is 16.1. The molecule has 1 aromatic carbocycles. The van der Waals surface area contributed by atoms with Crippen LogP contribution in [0, 0.1) is 6.92 Å². The van der Waals surface area contributed by atoms with Crippen LogP contribution in [0.25, 0.3) is 0 Å². The summed E-state index contributed by atoms with van der Waals surface area (Å²) in [6.45, 7) is 6.38. The number of nitrogens with zero attached hydrogens (tertiary/aromatic N) is 3. The first-order valence-corrected chi connectivity index (χ1v) is 8.88. The predicted octanol–water partition coefficient (Wildman–Crippen LogP) is 2.08. The Hall–Kier alpha value is -2.34. The highest BCUT2D eigenvalue weighted by Crippen LogP contribution is 2.32. The summed E-state index contributed by atoms with van der Waals surface area (Å²) in [5.74, 6) is 0.960. The van der Waals surface area contributed by atoms with Gasteiger partial charge in [-0.1, -0.05) is 18.2 Å². The monoisotopic (exact) mass is 340 g/mol. The molecule has 1 amide bonds. The van der Waals surface area contributed by atoms with E-state index >= 15 is 0 Å². The maximum absolute atomic E-state index is 12.7. The average molecular weight is 340 g/mol. The van der Waals surface area contributed by atoms with E-state index in [1.165, 1.54) is 5.56 Å². The Bertz CT molecular complexity index is 766. The summed E-state index contributed by atoms with van der Waals surface area (Å²) < 4.78 is 7.67. The fourth-order valence-corrected chi connectivity index (χ4v) is 3.55. The van der Waals surface area contributed by atoms with Crippen molar-refractivity contribution < 1.29 is 9.53 Å². The van der Waals surface area contributed by atoms with Gasteiger partial charge < -0.3 is 10.1 Å². The molecule has 2 aromatic rings. The SMILES string of the molecule is Cc1cnn(C2CN([C@H](C)C(=O)N[C@H]3CCOc4ccccc43)C2)c1. The second kappa shape index (κ2) is 6.52. The highest BCUT2D eigenvalue weighted by Gasteiger charge is 2.36. The molecule has 6 nitrogen and oxygen atoms in total. The Morgan fingerprint density at radius 2 is 2.16 bits per heavy atom. The fraction of sp³-hybridized carbons (Fsp3) is 0.474. The van der Waals surface area contributed by atoms with E-state index < -0.39 is 0 Å². The maximum atomic E-state index is 12.7. The van der Waals surface area contributed by atoms with Crippen LogP contribution in [-0.2, 0) is 4.79 Å². The van der Waals surface area contributed by atoms with E-state index in [9.17, 15) is 4.79 Å². The molecule has 1 saturated heterocycles. The molecule has 1 N–H and O–H groups in total. The van der Waals surface area contributed by atoms with Crippen LogP contribution in [0.4, 0.5) is 0 Å². The molecule has 2 aliphatic rings. The van der Waals surface area contributed by atoms with Crippen LogP contribution in [0.5, 0.6) is 5.75 Å². The van der Waals surface area contributed by atoms with Gasteiger partial charge in [0.15, 0.2) is 0 Å². The Balaban J connectivity index is 1.35. The van der Waals surface area contributed by atoms with Gasteiger partial charge >= 0.3 is 0 Å². The van der Waals surface area contributed by atoms with Crippen molar-refractivity contribution in [3.8, 4) is 5.75 Å². The van der Waals surface area contributed by atoms with Gasteiger partial charge in [0, 0.05) is 31.3 Å². The molecule has 0 aliphatic carbocycles. The fourth-order valence-electron chi connectivity index (χ4n) is 3.55. The molecule has 1 aromatic heterocycles. The minimum atomic E-state index is -0.136. The van der Waals surface area contributed by atoms with Gasteiger partial charge in [-0.25, -0.2) is 0 Å². The smallest absolute Gasteiger partial charge is 0.237 e. The molecule has 0 spiro atoms. The van der Waals surface area contributed by atoms with Crippen LogP contribution in [-0.4, -0.2) is 46.3 Å². The third-order valence-corrected chi connectivity index (χ3v) is 5.20. The topological polar surface area (TPSA) is 59.4 Å². The second-order valence-electron chi connectivity index (χ2n) is 7.02. The largest absolute Gasteiger partial charge is 0.493 e. The van der Waals surface area contributed by atoms with Gasteiger partial charge in [-0.15, -0.1) is 0 Å². The number of benzene rings is 1. The summed E-state index contributed by atoms with van der Waals surface area (Å²) in [6.07, 6.45) is 4.75. The van der Waals surface area contributed by atoms with Crippen molar-refractivity contribution in [3.63, 3.8) is 0 Å². The van der Waals surface area contributed by atoms with Crippen LogP contribution >= 0.6 is 0 Å². The molecule has 132 valence electrons. The number of hydrogen-bond acceptors (Lipinski definition) is 4. The minimum Gasteiger partial charge on any atom is -0.493 e. The summed E-state index contributed by atoms with van der Waals surface area (Å²) in [5.41, 5.74) is 2.24. The Morgan fingerprint density at radius 3 is 2.92 bits per heavy atom. The number of aromatic nitrogens is 2. The molecule has 4 rings (SSSR count). The lowest BCUT2D eigenvalue weighted by Gasteiger charge is -2.42. The molecular weight excluding hydrogens is 316 g/mol. The van der Waals surface area contributed by atoms with Crippen molar-refractivity contribution >= 4 is 5.91 Å². The summed E-state index contributed by atoms with van der Waals surface area (Å²) >= 11 is 0. The number of amides is 1. The van der Waals surface area contributed by atoms with E-state index in [1.54, 1.807) is 0 Å². The van der Waals surface area contributed by atoms with Crippen molar-refractivity contribution in [1.29, 1.82) is 0 Å². The molecule has 0 saturated carbocycles. The van der Waals surface area contributed by atoms with E-state index in [-0.39, 0.29) is 18.0 Å². The van der Waals surface area contributed by atoms with Gasteiger partial charge in [0.05, 0.1) is 30.9 Å². The van der Waals surface area contributed by atoms with Crippen molar-refractivity contribution in [2.45, 2.75) is 38.4 Å². The molecule has 2 atom stereocenters. The number of ether oxygens (including phenoxy) is 1. The molecular formula is C19H24N4O2. The number of aryl methyl sites for hydroxylation is 1. The number of rotatable bonds is 4. The summed E-state index contributed by atoms with van der Waals surface area (Å²) in [5, 5.41) is 7.57. The number of carbonyl (C=O) groups excluding carboxylic acids is 1. The molecule has 6 heteroatoms. The average Bonchev–Trinajstić information content (AvgIpc) is 2.99. The van der Waals surface area contributed by atoms with Crippen molar-refractivity contribution in [1.82, 2.24) is 20.0 Å². The van der Waals surface area contributed by atoms with E-state index in [1.807, 2.05) is 49.0 Å². The van der Waals surface area contributed by atoms with E-state index in [2.05, 4.69) is 21.5 Å². The number of likely N-dealkylation sites (tertiary alicyclic amines) is 1. The van der Waals surface area contributed by atoms with Gasteiger partial charge in [0.1, 0.15) is 5.75 Å². The number of carbonyl (C=O) groups is 1. The summed E-state index contributed by atoms with van der Waals surface area (Å²) in [4.78, 5) is 14.9. The molecule has 0 radical (unpaired) electrons. The first-order chi connectivity index (χ1) is 12.1. The van der Waals surface area contributed by atoms with Crippen LogP contribution in [0.3, 0.4) is 0 Å². The van der Waals surface area contributed by atoms with Crippen LogP contribution in [0.1, 0.15) is 36.6 Å². The predicted molar refractivity (Wildman–Crippen MR) is 94.5 cm³/mol. The van der Waals surface area contributed by atoms with Gasteiger partial charge in [-0.3, -0.25) is 14.4 Å².